The Bertz CT molecular complexity index is 599. The summed E-state index contributed by atoms with van der Waals surface area (Å²) in [6.07, 6.45) is 0.734. The smallest absolute Gasteiger partial charge is 0.132 e. The van der Waals surface area contributed by atoms with E-state index >= 15 is 0 Å². The largest absolute Gasteiger partial charge is 0.494 e. The van der Waals surface area contributed by atoms with E-state index in [-0.39, 0.29) is 6.04 Å². The first-order valence-corrected chi connectivity index (χ1v) is 7.41. The summed E-state index contributed by atoms with van der Waals surface area (Å²) in [6, 6.07) is 13.2. The van der Waals surface area contributed by atoms with E-state index in [0.29, 0.717) is 17.4 Å². The highest BCUT2D eigenvalue weighted by molar-refractivity contribution is 6.30. The number of halogens is 1. The summed E-state index contributed by atoms with van der Waals surface area (Å²) in [5.41, 5.74) is 6.92. The molecule has 1 atom stereocenters. The molecule has 0 heterocycles. The molecular weight excluding hydrogens is 286 g/mol. The van der Waals surface area contributed by atoms with Gasteiger partial charge in [0.05, 0.1) is 6.61 Å². The summed E-state index contributed by atoms with van der Waals surface area (Å²) in [6.45, 7) is 4.54. The van der Waals surface area contributed by atoms with Crippen molar-refractivity contribution in [2.75, 3.05) is 6.61 Å². The maximum Gasteiger partial charge on any atom is 0.132 e. The van der Waals surface area contributed by atoms with Gasteiger partial charge in [-0.1, -0.05) is 23.7 Å². The normalized spacial score (nSPS) is 12.0. The van der Waals surface area contributed by atoms with Crippen molar-refractivity contribution in [2.45, 2.75) is 26.3 Å². The van der Waals surface area contributed by atoms with Crippen LogP contribution in [0.15, 0.2) is 42.5 Å². The first-order chi connectivity index (χ1) is 10.1. The number of nitrogens with two attached hydrogens (primary N) is 1. The third-order valence-electron chi connectivity index (χ3n) is 2.92. The molecule has 1 unspecified atom stereocenters. The van der Waals surface area contributed by atoms with Crippen LogP contribution in [0.5, 0.6) is 17.2 Å². The van der Waals surface area contributed by atoms with E-state index in [1.165, 1.54) is 0 Å². The fraction of sp³-hybridized carbons (Fsp3) is 0.294. The van der Waals surface area contributed by atoms with Gasteiger partial charge in [0.2, 0.25) is 0 Å². The molecule has 3 nitrogen and oxygen atoms in total. The van der Waals surface area contributed by atoms with Crippen molar-refractivity contribution < 1.29 is 9.47 Å². The highest BCUT2D eigenvalue weighted by Gasteiger charge is 2.09. The third kappa shape index (κ3) is 4.66. The molecule has 2 rings (SSSR count). The molecule has 0 radical (unpaired) electrons. The minimum absolute atomic E-state index is 0.0586. The van der Waals surface area contributed by atoms with Crippen molar-refractivity contribution in [3.63, 3.8) is 0 Å². The lowest BCUT2D eigenvalue weighted by Crippen LogP contribution is -2.18. The summed E-state index contributed by atoms with van der Waals surface area (Å²) in [5, 5.41) is 0.638. The standard InChI is InChI=1S/C17H20ClNO2/c1-3-20-15-5-4-6-16(11-15)21-17-10-14(18)8-7-13(17)9-12(2)19/h4-8,10-12H,3,9,19H2,1-2H3. The lowest BCUT2D eigenvalue weighted by atomic mass is 10.1. The molecule has 2 aromatic rings. The van der Waals surface area contributed by atoms with Crippen molar-refractivity contribution in [3.8, 4) is 17.2 Å². The quantitative estimate of drug-likeness (QED) is 0.859. The molecule has 21 heavy (non-hydrogen) atoms. The van der Waals surface area contributed by atoms with Crippen LogP contribution in [0, 0.1) is 0 Å². The Morgan fingerprint density at radius 3 is 2.62 bits per heavy atom. The van der Waals surface area contributed by atoms with Gasteiger partial charge in [0.25, 0.3) is 0 Å². The van der Waals surface area contributed by atoms with Crippen molar-refractivity contribution in [2.24, 2.45) is 5.73 Å². The summed E-state index contributed by atoms with van der Waals surface area (Å²) in [7, 11) is 0. The molecule has 0 bridgehead atoms. The van der Waals surface area contributed by atoms with E-state index in [4.69, 9.17) is 26.8 Å². The lowest BCUT2D eigenvalue weighted by Gasteiger charge is -2.14. The van der Waals surface area contributed by atoms with Crippen LogP contribution in [0.4, 0.5) is 0 Å². The van der Waals surface area contributed by atoms with Gasteiger partial charge in [-0.25, -0.2) is 0 Å². The molecule has 0 aliphatic rings. The van der Waals surface area contributed by atoms with E-state index in [1.807, 2.05) is 56.3 Å². The highest BCUT2D eigenvalue weighted by atomic mass is 35.5. The number of hydrogen-bond donors (Lipinski definition) is 1. The first-order valence-electron chi connectivity index (χ1n) is 7.03. The van der Waals surface area contributed by atoms with Gasteiger partial charge in [0.15, 0.2) is 0 Å². The molecule has 2 aromatic carbocycles. The summed E-state index contributed by atoms with van der Waals surface area (Å²) >= 11 is 6.06. The highest BCUT2D eigenvalue weighted by Crippen LogP contribution is 2.30. The molecule has 0 saturated carbocycles. The fourth-order valence-corrected chi connectivity index (χ4v) is 2.22. The van der Waals surface area contributed by atoms with Crippen molar-refractivity contribution in [3.05, 3.63) is 53.1 Å². The minimum atomic E-state index is 0.0586. The van der Waals surface area contributed by atoms with Gasteiger partial charge in [-0.15, -0.1) is 0 Å². The predicted octanol–water partition coefficient (Wildman–Crippen LogP) is 4.42. The van der Waals surface area contributed by atoms with Crippen LogP contribution in [0.2, 0.25) is 5.02 Å². The van der Waals surface area contributed by atoms with Gasteiger partial charge in [0, 0.05) is 17.1 Å². The summed E-state index contributed by atoms with van der Waals surface area (Å²) in [4.78, 5) is 0. The van der Waals surface area contributed by atoms with E-state index in [0.717, 1.165) is 23.5 Å². The molecule has 2 N–H and O–H groups in total. The van der Waals surface area contributed by atoms with E-state index in [2.05, 4.69) is 0 Å². The van der Waals surface area contributed by atoms with Crippen LogP contribution < -0.4 is 15.2 Å². The number of benzene rings is 2. The first kappa shape index (κ1) is 15.7. The minimum Gasteiger partial charge on any atom is -0.494 e. The van der Waals surface area contributed by atoms with Crippen LogP contribution in [0.3, 0.4) is 0 Å². The van der Waals surface area contributed by atoms with Crippen LogP contribution in [0.1, 0.15) is 19.4 Å². The fourth-order valence-electron chi connectivity index (χ4n) is 2.06. The number of rotatable bonds is 6. The van der Waals surface area contributed by atoms with Crippen molar-refractivity contribution in [1.82, 2.24) is 0 Å². The summed E-state index contributed by atoms with van der Waals surface area (Å²) in [5.74, 6) is 2.23. The Labute approximate surface area is 130 Å². The molecule has 0 aromatic heterocycles. The average Bonchev–Trinajstić information content (AvgIpc) is 2.42. The second-order valence-electron chi connectivity index (χ2n) is 4.94. The Hall–Kier alpha value is -1.71. The molecule has 0 amide bonds. The maximum atomic E-state index is 6.06. The van der Waals surface area contributed by atoms with Crippen LogP contribution in [-0.4, -0.2) is 12.6 Å². The summed E-state index contributed by atoms with van der Waals surface area (Å²) < 4.78 is 11.4. The second-order valence-corrected chi connectivity index (χ2v) is 5.38. The monoisotopic (exact) mass is 305 g/mol. The molecule has 0 saturated heterocycles. The SMILES string of the molecule is CCOc1cccc(Oc2cc(Cl)ccc2CC(C)N)c1. The zero-order chi connectivity index (χ0) is 15.2. The predicted molar refractivity (Wildman–Crippen MR) is 86.5 cm³/mol. The zero-order valence-electron chi connectivity index (χ0n) is 12.3. The molecule has 0 aliphatic heterocycles. The van der Waals surface area contributed by atoms with E-state index in [1.54, 1.807) is 0 Å². The van der Waals surface area contributed by atoms with Gasteiger partial charge >= 0.3 is 0 Å². The maximum absolute atomic E-state index is 6.06. The van der Waals surface area contributed by atoms with E-state index < -0.39 is 0 Å². The molecule has 112 valence electrons. The van der Waals surface area contributed by atoms with Gasteiger partial charge in [0.1, 0.15) is 17.2 Å². The van der Waals surface area contributed by atoms with Gasteiger partial charge in [-0.05, 0) is 50.1 Å². The van der Waals surface area contributed by atoms with E-state index in [9.17, 15) is 0 Å². The van der Waals surface area contributed by atoms with Gasteiger partial charge in [-0.2, -0.15) is 0 Å². The van der Waals surface area contributed by atoms with Crippen LogP contribution >= 0.6 is 11.6 Å². The van der Waals surface area contributed by atoms with Crippen LogP contribution in [-0.2, 0) is 6.42 Å². The number of hydrogen-bond acceptors (Lipinski definition) is 3. The molecule has 0 aliphatic carbocycles. The molecule has 0 spiro atoms. The van der Waals surface area contributed by atoms with Gasteiger partial charge in [-0.3, -0.25) is 0 Å². The number of ether oxygens (including phenoxy) is 2. The van der Waals surface area contributed by atoms with Crippen molar-refractivity contribution in [1.29, 1.82) is 0 Å². The zero-order valence-corrected chi connectivity index (χ0v) is 13.1. The average molecular weight is 306 g/mol. The topological polar surface area (TPSA) is 44.5 Å². The second kappa shape index (κ2) is 7.34. The molecular formula is C17H20ClNO2. The Morgan fingerprint density at radius 1 is 1.14 bits per heavy atom. The Kier molecular flexibility index (Phi) is 5.48. The molecule has 0 fully saturated rings. The lowest BCUT2D eigenvalue weighted by molar-refractivity contribution is 0.338. The Morgan fingerprint density at radius 2 is 1.90 bits per heavy atom. The van der Waals surface area contributed by atoms with Gasteiger partial charge < -0.3 is 15.2 Å². The Balaban J connectivity index is 2.25. The van der Waals surface area contributed by atoms with Crippen LogP contribution in [0.25, 0.3) is 0 Å². The third-order valence-corrected chi connectivity index (χ3v) is 3.15. The molecule has 4 heteroatoms. The van der Waals surface area contributed by atoms with Crippen molar-refractivity contribution >= 4 is 11.6 Å².